The Balaban J connectivity index is 1.12. The van der Waals surface area contributed by atoms with Gasteiger partial charge in [0.15, 0.2) is 0 Å². The van der Waals surface area contributed by atoms with Gasteiger partial charge in [-0.2, -0.15) is 0 Å². The summed E-state index contributed by atoms with van der Waals surface area (Å²) >= 11 is 0. The normalized spacial score (nSPS) is 12.1. The summed E-state index contributed by atoms with van der Waals surface area (Å²) in [5.41, 5.74) is 2.75. The molecule has 0 aliphatic carbocycles. The predicted molar refractivity (Wildman–Crippen MR) is 204 cm³/mol. The number of fused-ring (bicyclic) bond motifs is 9. The van der Waals surface area contributed by atoms with Crippen LogP contribution in [0.2, 0.25) is 0 Å². The van der Waals surface area contributed by atoms with E-state index in [1.807, 2.05) is 0 Å². The quantitative estimate of drug-likeness (QED) is 0.0598. The van der Waals surface area contributed by atoms with Crippen molar-refractivity contribution in [3.05, 3.63) is 73.1 Å². The molecule has 2 heterocycles. The number of nitrogens with zero attached hydrogens (tertiary/aromatic N) is 2. The minimum Gasteiger partial charge on any atom is -0.347 e. The van der Waals surface area contributed by atoms with Crippen LogP contribution in [-0.4, -0.2) is 9.13 Å². The lowest BCUT2D eigenvalue weighted by atomic mass is 9.94. The topological polar surface area (TPSA) is 9.86 Å². The first-order valence-corrected chi connectivity index (χ1v) is 19.1. The minimum absolute atomic E-state index is 1.12. The fourth-order valence-electron chi connectivity index (χ4n) is 7.98. The molecule has 6 rings (SSSR count). The Bertz CT molecular complexity index is 1700. The second-order valence-electron chi connectivity index (χ2n) is 14.1. The molecule has 2 heteroatoms. The monoisotopic (exact) mass is 614 g/mol. The van der Waals surface area contributed by atoms with Crippen LogP contribution in [0.5, 0.6) is 0 Å². The molecule has 0 fully saturated rings. The summed E-state index contributed by atoms with van der Waals surface area (Å²) in [6.45, 7) is 6.84. The lowest BCUT2D eigenvalue weighted by molar-refractivity contribution is 0.543. The summed E-state index contributed by atoms with van der Waals surface area (Å²) in [6, 6.07) is 23.7. The van der Waals surface area contributed by atoms with E-state index in [0.29, 0.717) is 0 Å². The van der Waals surface area contributed by atoms with Crippen molar-refractivity contribution < 1.29 is 0 Å². The maximum Gasteiger partial charge on any atom is 0.0486 e. The zero-order chi connectivity index (χ0) is 31.6. The van der Waals surface area contributed by atoms with Gasteiger partial charge in [0.05, 0.1) is 0 Å². The number of rotatable bonds is 20. The average molecular weight is 615 g/mol. The van der Waals surface area contributed by atoms with Gasteiger partial charge in [-0.05, 0) is 69.4 Å². The van der Waals surface area contributed by atoms with Crippen LogP contribution in [-0.2, 0) is 13.1 Å². The highest BCUT2D eigenvalue weighted by atomic mass is 15.0. The largest absolute Gasteiger partial charge is 0.347 e. The first-order chi connectivity index (χ1) is 22.8. The van der Waals surface area contributed by atoms with Gasteiger partial charge < -0.3 is 9.13 Å². The maximum atomic E-state index is 2.48. The fourth-order valence-corrected chi connectivity index (χ4v) is 7.98. The van der Waals surface area contributed by atoms with Gasteiger partial charge in [-0.1, -0.05) is 153 Å². The van der Waals surface area contributed by atoms with Gasteiger partial charge in [-0.25, -0.2) is 0 Å². The third-order valence-electron chi connectivity index (χ3n) is 10.7. The SMILES string of the molecule is CCCCCCCCCCCn1ccc2c3ccc4c(ccc5c4ccc4c5ccn4CCCCCCCCCCC)c3ccc21. The Labute approximate surface area is 278 Å². The first-order valence-electron chi connectivity index (χ1n) is 19.1. The lowest BCUT2D eigenvalue weighted by Crippen LogP contribution is -1.96. The molecule has 46 heavy (non-hydrogen) atoms. The van der Waals surface area contributed by atoms with Crippen LogP contribution in [0.4, 0.5) is 0 Å². The van der Waals surface area contributed by atoms with Crippen LogP contribution in [0.15, 0.2) is 73.1 Å². The molecule has 0 aliphatic rings. The Kier molecular flexibility index (Phi) is 11.7. The highest BCUT2D eigenvalue weighted by molar-refractivity contribution is 6.24. The van der Waals surface area contributed by atoms with Crippen molar-refractivity contribution >= 4 is 54.1 Å². The molecule has 0 atom stereocenters. The Hall–Kier alpha value is -3.26. The van der Waals surface area contributed by atoms with Gasteiger partial charge in [-0.15, -0.1) is 0 Å². The number of hydrogen-bond acceptors (Lipinski definition) is 0. The summed E-state index contributed by atoms with van der Waals surface area (Å²) in [6.07, 6.45) is 29.4. The molecule has 0 unspecified atom stereocenters. The molecular formula is C44H58N2. The third kappa shape index (κ3) is 7.48. The molecule has 0 saturated heterocycles. The third-order valence-corrected chi connectivity index (χ3v) is 10.7. The van der Waals surface area contributed by atoms with Gasteiger partial charge in [0.25, 0.3) is 0 Å². The Morgan fingerprint density at radius 1 is 0.304 bits per heavy atom. The van der Waals surface area contributed by atoms with Crippen LogP contribution in [0, 0.1) is 0 Å². The molecule has 0 spiro atoms. The molecular weight excluding hydrogens is 556 g/mol. The van der Waals surface area contributed by atoms with Crippen molar-refractivity contribution in [2.45, 2.75) is 143 Å². The molecule has 4 aromatic carbocycles. The summed E-state index contributed by atoms with van der Waals surface area (Å²) in [5.74, 6) is 0. The van der Waals surface area contributed by atoms with Crippen molar-refractivity contribution in [1.29, 1.82) is 0 Å². The van der Waals surface area contributed by atoms with Crippen LogP contribution in [0.25, 0.3) is 54.1 Å². The number of aromatic nitrogens is 2. The number of hydrogen-bond donors (Lipinski definition) is 0. The highest BCUT2D eigenvalue weighted by Gasteiger charge is 2.12. The molecule has 0 bridgehead atoms. The molecule has 0 amide bonds. The van der Waals surface area contributed by atoms with Gasteiger partial charge in [0.1, 0.15) is 0 Å². The molecule has 0 saturated carbocycles. The van der Waals surface area contributed by atoms with Crippen molar-refractivity contribution in [2.24, 2.45) is 0 Å². The standard InChI is InChI=1S/C44H58N2/c1-3-5-7-9-11-13-15-17-19-31-45-33-29-41-39-23-21-36-35(37(39)25-27-43(41)45)22-24-40-38(36)26-28-44-42(40)30-34-46(44)32-20-18-16-14-12-10-8-6-4-2/h21-30,33-34H,3-20,31-32H2,1-2H3. The van der Waals surface area contributed by atoms with Crippen LogP contribution < -0.4 is 0 Å². The van der Waals surface area contributed by atoms with Crippen molar-refractivity contribution in [2.75, 3.05) is 0 Å². The van der Waals surface area contributed by atoms with Gasteiger partial charge in [0.2, 0.25) is 0 Å². The van der Waals surface area contributed by atoms with Gasteiger partial charge in [0, 0.05) is 47.3 Å². The minimum atomic E-state index is 1.12. The van der Waals surface area contributed by atoms with Crippen LogP contribution in [0.3, 0.4) is 0 Å². The van der Waals surface area contributed by atoms with Crippen molar-refractivity contribution in [3.8, 4) is 0 Å². The van der Waals surface area contributed by atoms with Crippen molar-refractivity contribution in [3.63, 3.8) is 0 Å². The Morgan fingerprint density at radius 2 is 0.587 bits per heavy atom. The van der Waals surface area contributed by atoms with E-state index in [1.54, 1.807) is 0 Å². The van der Waals surface area contributed by atoms with E-state index in [9.17, 15) is 0 Å². The molecule has 0 radical (unpaired) electrons. The highest BCUT2D eigenvalue weighted by Crippen LogP contribution is 2.37. The molecule has 6 aromatic rings. The fraction of sp³-hybridized carbons (Fsp3) is 0.500. The summed E-state index contributed by atoms with van der Waals surface area (Å²) < 4.78 is 4.97. The van der Waals surface area contributed by atoms with E-state index in [1.165, 1.54) is 170 Å². The van der Waals surface area contributed by atoms with E-state index in [4.69, 9.17) is 0 Å². The summed E-state index contributed by atoms with van der Waals surface area (Å²) in [7, 11) is 0. The molecule has 2 nitrogen and oxygen atoms in total. The lowest BCUT2D eigenvalue weighted by Gasteiger charge is -2.11. The maximum absolute atomic E-state index is 2.48. The van der Waals surface area contributed by atoms with E-state index in [-0.39, 0.29) is 0 Å². The van der Waals surface area contributed by atoms with Crippen LogP contribution in [0.1, 0.15) is 129 Å². The molecule has 244 valence electrons. The first kappa shape index (κ1) is 32.7. The van der Waals surface area contributed by atoms with E-state index >= 15 is 0 Å². The van der Waals surface area contributed by atoms with Gasteiger partial charge >= 0.3 is 0 Å². The second-order valence-corrected chi connectivity index (χ2v) is 14.1. The average Bonchev–Trinajstić information content (AvgIpc) is 3.70. The molecule has 0 aliphatic heterocycles. The van der Waals surface area contributed by atoms with E-state index < -0.39 is 0 Å². The second kappa shape index (κ2) is 16.5. The summed E-state index contributed by atoms with van der Waals surface area (Å²) in [4.78, 5) is 0. The number of benzene rings is 4. The van der Waals surface area contributed by atoms with Gasteiger partial charge in [-0.3, -0.25) is 0 Å². The van der Waals surface area contributed by atoms with E-state index in [0.717, 1.165) is 13.1 Å². The zero-order valence-corrected chi connectivity index (χ0v) is 29.0. The van der Waals surface area contributed by atoms with E-state index in [2.05, 4.69) is 96.0 Å². The summed E-state index contributed by atoms with van der Waals surface area (Å²) in [5, 5.41) is 11.0. The van der Waals surface area contributed by atoms with Crippen molar-refractivity contribution in [1.82, 2.24) is 9.13 Å². The molecule has 2 aromatic heterocycles. The number of unbranched alkanes of at least 4 members (excludes halogenated alkanes) is 16. The number of aryl methyl sites for hydroxylation is 2. The molecule has 0 N–H and O–H groups in total. The zero-order valence-electron chi connectivity index (χ0n) is 29.0. The Morgan fingerprint density at radius 3 is 0.935 bits per heavy atom. The van der Waals surface area contributed by atoms with Crippen LogP contribution >= 0.6 is 0 Å². The predicted octanol–water partition coefficient (Wildman–Crippen LogP) is 14.1. The smallest absolute Gasteiger partial charge is 0.0486 e.